The second kappa shape index (κ2) is 7.44. The highest BCUT2D eigenvalue weighted by Crippen LogP contribution is 2.39. The summed E-state index contributed by atoms with van der Waals surface area (Å²) in [4.78, 5) is 3.75. The summed E-state index contributed by atoms with van der Waals surface area (Å²) in [5.41, 5.74) is 8.70. The van der Waals surface area contributed by atoms with Gasteiger partial charge in [0.2, 0.25) is 0 Å². The van der Waals surface area contributed by atoms with E-state index in [1.54, 1.807) is 0 Å². The van der Waals surface area contributed by atoms with Crippen molar-refractivity contribution < 1.29 is 4.42 Å². The summed E-state index contributed by atoms with van der Waals surface area (Å²) < 4.78 is 5.79. The molecule has 5 aromatic rings. The molecule has 1 aliphatic carbocycles. The number of rotatable bonds is 4. The first-order valence-corrected chi connectivity index (χ1v) is 11.2. The van der Waals surface area contributed by atoms with E-state index in [2.05, 4.69) is 77.9 Å². The summed E-state index contributed by atoms with van der Waals surface area (Å²) in [5.74, 6) is 0. The SMILES string of the molecule is CC(NC1CCCc2c1[nH]c1ccc(-c3coc4ccccc34)cc21)c1ccccc1. The predicted octanol–water partition coefficient (Wildman–Crippen LogP) is 7.31. The zero-order valence-corrected chi connectivity index (χ0v) is 17.7. The van der Waals surface area contributed by atoms with E-state index in [1.165, 1.54) is 45.1 Å². The van der Waals surface area contributed by atoms with E-state index >= 15 is 0 Å². The zero-order chi connectivity index (χ0) is 20.8. The molecule has 0 saturated carbocycles. The first kappa shape index (κ1) is 18.5. The van der Waals surface area contributed by atoms with E-state index in [4.69, 9.17) is 4.42 Å². The molecule has 0 saturated heterocycles. The van der Waals surface area contributed by atoms with Gasteiger partial charge in [-0.1, -0.05) is 54.6 Å². The molecule has 2 unspecified atom stereocenters. The van der Waals surface area contributed by atoms with Crippen molar-refractivity contribution in [3.05, 3.63) is 95.9 Å². The lowest BCUT2D eigenvalue weighted by Crippen LogP contribution is -2.27. The van der Waals surface area contributed by atoms with E-state index in [-0.39, 0.29) is 0 Å². The maximum absolute atomic E-state index is 5.79. The second-order valence-electron chi connectivity index (χ2n) is 8.67. The van der Waals surface area contributed by atoms with Gasteiger partial charge in [0.05, 0.1) is 6.26 Å². The van der Waals surface area contributed by atoms with E-state index in [1.807, 2.05) is 18.4 Å². The van der Waals surface area contributed by atoms with Crippen molar-refractivity contribution in [3.63, 3.8) is 0 Å². The Morgan fingerprint density at radius 2 is 1.81 bits per heavy atom. The van der Waals surface area contributed by atoms with Crippen LogP contribution in [0.1, 0.15) is 48.7 Å². The monoisotopic (exact) mass is 406 g/mol. The average Bonchev–Trinajstić information content (AvgIpc) is 3.41. The van der Waals surface area contributed by atoms with Gasteiger partial charge < -0.3 is 14.7 Å². The number of fused-ring (bicyclic) bond motifs is 4. The lowest BCUT2D eigenvalue weighted by Gasteiger charge is -2.27. The Kier molecular flexibility index (Phi) is 4.43. The number of benzene rings is 3. The van der Waals surface area contributed by atoms with Crippen LogP contribution in [0.15, 0.2) is 83.5 Å². The molecule has 3 aromatic carbocycles. The molecule has 0 spiro atoms. The van der Waals surface area contributed by atoms with Gasteiger partial charge in [-0.25, -0.2) is 0 Å². The average molecular weight is 407 g/mol. The molecule has 0 amide bonds. The number of para-hydroxylation sites is 1. The van der Waals surface area contributed by atoms with Crippen LogP contribution in [0, 0.1) is 0 Å². The second-order valence-corrected chi connectivity index (χ2v) is 8.67. The molecule has 2 heterocycles. The first-order chi connectivity index (χ1) is 15.3. The molecule has 154 valence electrons. The molecule has 31 heavy (non-hydrogen) atoms. The minimum atomic E-state index is 0.316. The maximum Gasteiger partial charge on any atom is 0.134 e. The summed E-state index contributed by atoms with van der Waals surface area (Å²) in [6, 6.07) is 26.4. The summed E-state index contributed by atoms with van der Waals surface area (Å²) in [7, 11) is 0. The molecule has 1 aliphatic rings. The van der Waals surface area contributed by atoms with Crippen molar-refractivity contribution in [3.8, 4) is 11.1 Å². The fourth-order valence-corrected chi connectivity index (χ4v) is 5.14. The summed E-state index contributed by atoms with van der Waals surface area (Å²) in [5, 5.41) is 6.39. The van der Waals surface area contributed by atoms with Crippen LogP contribution in [0.3, 0.4) is 0 Å². The lowest BCUT2D eigenvalue weighted by molar-refractivity contribution is 0.410. The van der Waals surface area contributed by atoms with Gasteiger partial charge >= 0.3 is 0 Å². The quantitative estimate of drug-likeness (QED) is 0.328. The fourth-order valence-electron chi connectivity index (χ4n) is 5.14. The molecule has 0 aliphatic heterocycles. The molecule has 2 aromatic heterocycles. The number of aromatic nitrogens is 1. The number of nitrogens with one attached hydrogen (secondary N) is 2. The minimum Gasteiger partial charge on any atom is -0.464 e. The number of aromatic amines is 1. The standard InChI is InChI=1S/C28H26N2O/c1-18(19-8-3-2-4-9-19)29-26-12-7-11-22-23-16-20(14-15-25(23)30-28(22)26)24-17-31-27-13-6-5-10-21(24)27/h2-6,8-10,13-18,26,29-30H,7,11-12H2,1H3. The molecule has 0 fully saturated rings. The third-order valence-corrected chi connectivity index (χ3v) is 6.75. The van der Waals surface area contributed by atoms with Gasteiger partial charge in [-0.15, -0.1) is 0 Å². The maximum atomic E-state index is 5.79. The number of furan rings is 1. The Bertz CT molecular complexity index is 1360. The largest absolute Gasteiger partial charge is 0.464 e. The van der Waals surface area contributed by atoms with Gasteiger partial charge in [0.25, 0.3) is 0 Å². The Balaban J connectivity index is 1.38. The van der Waals surface area contributed by atoms with E-state index in [9.17, 15) is 0 Å². The Hall–Kier alpha value is -3.30. The van der Waals surface area contributed by atoms with Crippen molar-refractivity contribution in [1.82, 2.24) is 10.3 Å². The number of hydrogen-bond donors (Lipinski definition) is 2. The van der Waals surface area contributed by atoms with Crippen molar-refractivity contribution in [2.24, 2.45) is 0 Å². The Morgan fingerprint density at radius 3 is 2.71 bits per heavy atom. The third-order valence-electron chi connectivity index (χ3n) is 6.75. The van der Waals surface area contributed by atoms with E-state index in [0.29, 0.717) is 12.1 Å². The number of aryl methyl sites for hydroxylation is 1. The van der Waals surface area contributed by atoms with Crippen molar-refractivity contribution in [2.45, 2.75) is 38.3 Å². The molecule has 2 N–H and O–H groups in total. The number of hydrogen-bond acceptors (Lipinski definition) is 2. The highest BCUT2D eigenvalue weighted by molar-refractivity contribution is 5.97. The molecule has 6 rings (SSSR count). The van der Waals surface area contributed by atoms with Gasteiger partial charge in [0.15, 0.2) is 0 Å². The van der Waals surface area contributed by atoms with Crippen LogP contribution in [-0.2, 0) is 6.42 Å². The molecule has 3 heteroatoms. The zero-order valence-electron chi connectivity index (χ0n) is 17.7. The number of H-pyrrole nitrogens is 1. The normalized spacial score (nSPS) is 17.1. The van der Waals surface area contributed by atoms with E-state index < -0.39 is 0 Å². The van der Waals surface area contributed by atoms with Crippen molar-refractivity contribution >= 4 is 21.9 Å². The summed E-state index contributed by atoms with van der Waals surface area (Å²) in [6.45, 7) is 2.26. The smallest absolute Gasteiger partial charge is 0.134 e. The topological polar surface area (TPSA) is 41.0 Å². The predicted molar refractivity (Wildman–Crippen MR) is 127 cm³/mol. The molecule has 2 atom stereocenters. The van der Waals surface area contributed by atoms with Gasteiger partial charge in [0.1, 0.15) is 5.58 Å². The molecule has 0 bridgehead atoms. The highest BCUT2D eigenvalue weighted by Gasteiger charge is 2.26. The first-order valence-electron chi connectivity index (χ1n) is 11.2. The fraction of sp³-hybridized carbons (Fsp3) is 0.214. The van der Waals surface area contributed by atoms with Crippen LogP contribution in [0.4, 0.5) is 0 Å². The Labute approximate surface area is 182 Å². The Morgan fingerprint density at radius 1 is 0.968 bits per heavy atom. The molecule has 0 radical (unpaired) electrons. The van der Waals surface area contributed by atoms with Gasteiger partial charge in [0, 0.05) is 39.6 Å². The van der Waals surface area contributed by atoms with Crippen molar-refractivity contribution in [1.29, 1.82) is 0 Å². The van der Waals surface area contributed by atoms with Gasteiger partial charge in [-0.05, 0) is 61.1 Å². The molecular formula is C28H26N2O. The summed E-state index contributed by atoms with van der Waals surface area (Å²) >= 11 is 0. The van der Waals surface area contributed by atoms with E-state index in [0.717, 1.165) is 24.0 Å². The minimum absolute atomic E-state index is 0.316. The van der Waals surface area contributed by atoms with Crippen LogP contribution in [-0.4, -0.2) is 4.98 Å². The van der Waals surface area contributed by atoms with Crippen LogP contribution >= 0.6 is 0 Å². The van der Waals surface area contributed by atoms with Gasteiger partial charge in [-0.2, -0.15) is 0 Å². The van der Waals surface area contributed by atoms with Crippen LogP contribution in [0.2, 0.25) is 0 Å². The summed E-state index contributed by atoms with van der Waals surface area (Å²) in [6.07, 6.45) is 5.38. The highest BCUT2D eigenvalue weighted by atomic mass is 16.3. The third kappa shape index (κ3) is 3.17. The van der Waals surface area contributed by atoms with Crippen molar-refractivity contribution in [2.75, 3.05) is 0 Å². The van der Waals surface area contributed by atoms with Crippen LogP contribution in [0.5, 0.6) is 0 Å². The molecule has 3 nitrogen and oxygen atoms in total. The van der Waals surface area contributed by atoms with Crippen LogP contribution < -0.4 is 5.32 Å². The van der Waals surface area contributed by atoms with Gasteiger partial charge in [-0.3, -0.25) is 0 Å². The van der Waals surface area contributed by atoms with Crippen LogP contribution in [0.25, 0.3) is 33.0 Å². The lowest BCUT2D eigenvalue weighted by atomic mass is 9.90. The molecular weight excluding hydrogens is 380 g/mol.